The van der Waals surface area contributed by atoms with Gasteiger partial charge in [0.1, 0.15) is 11.4 Å². The van der Waals surface area contributed by atoms with Crippen molar-refractivity contribution in [3.8, 4) is 11.8 Å². The molecule has 0 N–H and O–H groups in total. The summed E-state index contributed by atoms with van der Waals surface area (Å²) in [6.45, 7) is 10.2. The second kappa shape index (κ2) is 3.25. The number of hydrogen-bond donors (Lipinski definition) is 0. The molecule has 1 heterocycles. The van der Waals surface area contributed by atoms with Gasteiger partial charge < -0.3 is 4.74 Å². The standard InChI is InChI=1S/C14H17NO/c1-8-9(2)13-11(6-14(4,5)16-13)10(3)12(8)7-15/h6H2,1-5H3. The van der Waals surface area contributed by atoms with Crippen molar-refractivity contribution in [3.05, 3.63) is 27.8 Å². The quantitative estimate of drug-likeness (QED) is 0.665. The molecule has 0 radical (unpaired) electrons. The molecule has 84 valence electrons. The fraction of sp³-hybridized carbons (Fsp3) is 0.500. The zero-order valence-electron chi connectivity index (χ0n) is 10.6. The van der Waals surface area contributed by atoms with Crippen LogP contribution in [0.1, 0.15) is 41.7 Å². The largest absolute Gasteiger partial charge is 0.487 e. The highest BCUT2D eigenvalue weighted by Gasteiger charge is 2.34. The molecule has 0 bridgehead atoms. The van der Waals surface area contributed by atoms with E-state index < -0.39 is 0 Å². The van der Waals surface area contributed by atoms with E-state index in [4.69, 9.17) is 4.74 Å². The van der Waals surface area contributed by atoms with E-state index in [-0.39, 0.29) is 5.60 Å². The van der Waals surface area contributed by atoms with Crippen LogP contribution < -0.4 is 4.74 Å². The first-order valence-electron chi connectivity index (χ1n) is 5.59. The summed E-state index contributed by atoms with van der Waals surface area (Å²) in [5.41, 5.74) is 5.14. The molecule has 1 aromatic carbocycles. The molecule has 16 heavy (non-hydrogen) atoms. The third-order valence-corrected chi connectivity index (χ3v) is 3.47. The van der Waals surface area contributed by atoms with Crippen LogP contribution >= 0.6 is 0 Å². The lowest BCUT2D eigenvalue weighted by atomic mass is 9.90. The van der Waals surface area contributed by atoms with Crippen molar-refractivity contribution in [3.63, 3.8) is 0 Å². The van der Waals surface area contributed by atoms with Crippen molar-refractivity contribution < 1.29 is 4.74 Å². The Kier molecular flexibility index (Phi) is 2.24. The molecule has 2 nitrogen and oxygen atoms in total. The summed E-state index contributed by atoms with van der Waals surface area (Å²) in [5, 5.41) is 9.19. The second-order valence-corrected chi connectivity index (χ2v) is 5.21. The van der Waals surface area contributed by atoms with Crippen LogP contribution in [0.5, 0.6) is 5.75 Å². The van der Waals surface area contributed by atoms with Crippen LogP contribution in [0.3, 0.4) is 0 Å². The summed E-state index contributed by atoms with van der Waals surface area (Å²) < 4.78 is 5.98. The van der Waals surface area contributed by atoms with Gasteiger partial charge in [-0.2, -0.15) is 5.26 Å². The predicted octanol–water partition coefficient (Wildman–Crippen LogP) is 3.20. The number of hydrogen-bond acceptors (Lipinski definition) is 2. The molecule has 1 aliphatic rings. The Morgan fingerprint density at radius 3 is 2.31 bits per heavy atom. The van der Waals surface area contributed by atoms with Crippen molar-refractivity contribution in [2.45, 2.75) is 46.6 Å². The molecule has 0 amide bonds. The molecule has 2 rings (SSSR count). The van der Waals surface area contributed by atoms with Crippen molar-refractivity contribution in [1.82, 2.24) is 0 Å². The zero-order valence-corrected chi connectivity index (χ0v) is 10.6. The van der Waals surface area contributed by atoms with Crippen molar-refractivity contribution in [2.75, 3.05) is 0 Å². The van der Waals surface area contributed by atoms with Gasteiger partial charge in [0.2, 0.25) is 0 Å². The minimum absolute atomic E-state index is 0.141. The van der Waals surface area contributed by atoms with Crippen LogP contribution in [0.2, 0.25) is 0 Å². The third kappa shape index (κ3) is 1.39. The van der Waals surface area contributed by atoms with E-state index in [1.165, 1.54) is 5.56 Å². The van der Waals surface area contributed by atoms with Crippen LogP contribution in [-0.2, 0) is 6.42 Å². The average Bonchev–Trinajstić information content (AvgIpc) is 2.52. The molecular formula is C14H17NO. The Bertz CT molecular complexity index is 507. The monoisotopic (exact) mass is 215 g/mol. The normalized spacial score (nSPS) is 16.5. The highest BCUT2D eigenvalue weighted by molar-refractivity contribution is 5.60. The lowest BCUT2D eigenvalue weighted by molar-refractivity contribution is 0.137. The fourth-order valence-electron chi connectivity index (χ4n) is 2.44. The molecule has 1 aromatic rings. The summed E-state index contributed by atoms with van der Waals surface area (Å²) in [4.78, 5) is 0. The summed E-state index contributed by atoms with van der Waals surface area (Å²) >= 11 is 0. The van der Waals surface area contributed by atoms with E-state index in [0.29, 0.717) is 0 Å². The summed E-state index contributed by atoms with van der Waals surface area (Å²) in [6.07, 6.45) is 0.893. The third-order valence-electron chi connectivity index (χ3n) is 3.47. The number of nitriles is 1. The van der Waals surface area contributed by atoms with Crippen LogP contribution in [0.25, 0.3) is 0 Å². The van der Waals surface area contributed by atoms with Gasteiger partial charge in [0.15, 0.2) is 0 Å². The van der Waals surface area contributed by atoms with Crippen LogP contribution in [0, 0.1) is 32.1 Å². The number of rotatable bonds is 0. The maximum Gasteiger partial charge on any atom is 0.126 e. The van der Waals surface area contributed by atoms with Gasteiger partial charge in [-0.05, 0) is 51.3 Å². The zero-order chi connectivity index (χ0) is 12.1. The number of nitrogens with zero attached hydrogens (tertiary/aromatic N) is 1. The van der Waals surface area contributed by atoms with Crippen LogP contribution in [0.4, 0.5) is 0 Å². The van der Waals surface area contributed by atoms with Gasteiger partial charge >= 0.3 is 0 Å². The van der Waals surface area contributed by atoms with E-state index in [0.717, 1.165) is 34.4 Å². The molecule has 1 aliphatic heterocycles. The van der Waals surface area contributed by atoms with Gasteiger partial charge in [-0.3, -0.25) is 0 Å². The van der Waals surface area contributed by atoms with Crippen molar-refractivity contribution in [2.24, 2.45) is 0 Å². The molecule has 2 heteroatoms. The predicted molar refractivity (Wildman–Crippen MR) is 63.8 cm³/mol. The minimum Gasteiger partial charge on any atom is -0.487 e. The molecule has 0 spiro atoms. The van der Waals surface area contributed by atoms with Gasteiger partial charge in [-0.1, -0.05) is 0 Å². The fourth-order valence-corrected chi connectivity index (χ4v) is 2.44. The smallest absolute Gasteiger partial charge is 0.126 e. The summed E-state index contributed by atoms with van der Waals surface area (Å²) in [5.74, 6) is 0.999. The first kappa shape index (κ1) is 11.0. The number of benzene rings is 1. The second-order valence-electron chi connectivity index (χ2n) is 5.21. The van der Waals surface area contributed by atoms with Gasteiger partial charge in [0, 0.05) is 12.0 Å². The first-order chi connectivity index (χ1) is 7.37. The van der Waals surface area contributed by atoms with E-state index in [9.17, 15) is 5.26 Å². The SMILES string of the molecule is Cc1c(C)c2c(c(C)c1C#N)CC(C)(C)O2. The van der Waals surface area contributed by atoms with E-state index >= 15 is 0 Å². The van der Waals surface area contributed by atoms with Crippen LogP contribution in [0.15, 0.2) is 0 Å². The first-order valence-corrected chi connectivity index (χ1v) is 5.59. The van der Waals surface area contributed by atoms with E-state index in [2.05, 4.69) is 19.9 Å². The summed E-state index contributed by atoms with van der Waals surface area (Å²) in [7, 11) is 0. The Hall–Kier alpha value is -1.49. The van der Waals surface area contributed by atoms with Gasteiger partial charge in [-0.15, -0.1) is 0 Å². The molecule has 0 aliphatic carbocycles. The average molecular weight is 215 g/mol. The topological polar surface area (TPSA) is 33.0 Å². The molecule has 0 fully saturated rings. The van der Waals surface area contributed by atoms with Crippen LogP contribution in [-0.4, -0.2) is 5.60 Å². The summed E-state index contributed by atoms with van der Waals surface area (Å²) in [6, 6.07) is 2.31. The molecule has 0 saturated carbocycles. The molecule has 0 atom stereocenters. The lowest BCUT2D eigenvalue weighted by Gasteiger charge is -2.18. The molecule has 0 saturated heterocycles. The molecule has 0 unspecified atom stereocenters. The Morgan fingerprint density at radius 2 is 1.75 bits per heavy atom. The number of ether oxygens (including phenoxy) is 1. The van der Waals surface area contributed by atoms with Crippen molar-refractivity contribution in [1.29, 1.82) is 5.26 Å². The Labute approximate surface area is 96.9 Å². The highest BCUT2D eigenvalue weighted by Crippen LogP contribution is 2.42. The molecular weight excluding hydrogens is 198 g/mol. The number of fused-ring (bicyclic) bond motifs is 1. The maximum atomic E-state index is 9.19. The van der Waals surface area contributed by atoms with Gasteiger partial charge in [0.25, 0.3) is 0 Å². The van der Waals surface area contributed by atoms with E-state index in [1.807, 2.05) is 20.8 Å². The maximum absolute atomic E-state index is 9.19. The Balaban J connectivity index is 2.74. The minimum atomic E-state index is -0.141. The Morgan fingerprint density at radius 1 is 1.12 bits per heavy atom. The van der Waals surface area contributed by atoms with Gasteiger partial charge in [0.05, 0.1) is 11.6 Å². The highest BCUT2D eigenvalue weighted by atomic mass is 16.5. The van der Waals surface area contributed by atoms with E-state index in [1.54, 1.807) is 0 Å². The molecule has 0 aromatic heterocycles. The van der Waals surface area contributed by atoms with Gasteiger partial charge in [-0.25, -0.2) is 0 Å². The van der Waals surface area contributed by atoms with Crippen molar-refractivity contribution >= 4 is 0 Å². The lowest BCUT2D eigenvalue weighted by Crippen LogP contribution is -2.24.